The molecule has 1 unspecified atom stereocenters. The molecule has 5 nitrogen and oxygen atoms in total. The highest BCUT2D eigenvalue weighted by molar-refractivity contribution is 5.79. The van der Waals surface area contributed by atoms with Gasteiger partial charge < -0.3 is 14.4 Å². The zero-order valence-electron chi connectivity index (χ0n) is 14.8. The van der Waals surface area contributed by atoms with Gasteiger partial charge >= 0.3 is 0 Å². The number of hydrogen-bond acceptors (Lipinski definition) is 4. The van der Waals surface area contributed by atoms with Gasteiger partial charge in [0.05, 0.1) is 13.0 Å². The Kier molecular flexibility index (Phi) is 5.34. The Labute approximate surface area is 148 Å². The fraction of sp³-hybridized carbons (Fsp3) is 0.400. The molecule has 1 aromatic heterocycles. The van der Waals surface area contributed by atoms with Gasteiger partial charge in [0.2, 0.25) is 5.91 Å². The van der Waals surface area contributed by atoms with Crippen molar-refractivity contribution in [3.8, 4) is 5.75 Å². The van der Waals surface area contributed by atoms with Crippen molar-refractivity contribution in [1.29, 1.82) is 0 Å². The van der Waals surface area contributed by atoms with Gasteiger partial charge in [0.1, 0.15) is 18.0 Å². The molecule has 1 aliphatic rings. The van der Waals surface area contributed by atoms with Gasteiger partial charge in [0, 0.05) is 26.0 Å². The summed E-state index contributed by atoms with van der Waals surface area (Å²) in [4.78, 5) is 18.4. The van der Waals surface area contributed by atoms with Crippen molar-refractivity contribution in [2.45, 2.75) is 25.4 Å². The van der Waals surface area contributed by atoms with Crippen LogP contribution < -0.4 is 4.74 Å². The minimum absolute atomic E-state index is 0.112. The Bertz CT molecular complexity index is 703. The number of carbonyl (C=O) groups excluding carboxylic acids is 1. The molecule has 1 amide bonds. The smallest absolute Gasteiger partial charge is 0.227 e. The first kappa shape index (κ1) is 17.4. The first-order valence-electron chi connectivity index (χ1n) is 8.51. The summed E-state index contributed by atoms with van der Waals surface area (Å²) in [6.45, 7) is 3.73. The highest BCUT2D eigenvalue weighted by atomic mass is 16.5. The van der Waals surface area contributed by atoms with Crippen LogP contribution in [0, 0.1) is 6.92 Å². The molecule has 0 bridgehead atoms. The predicted octanol–water partition coefficient (Wildman–Crippen LogP) is 2.63. The number of aryl methyl sites for hydroxylation is 1. The number of ether oxygens (including phenoxy) is 2. The van der Waals surface area contributed by atoms with Crippen LogP contribution >= 0.6 is 0 Å². The largest absolute Gasteiger partial charge is 0.491 e. The lowest BCUT2D eigenvalue weighted by molar-refractivity contribution is -0.131. The topological polar surface area (TPSA) is 51.7 Å². The number of carbonyl (C=O) groups is 1. The highest BCUT2D eigenvalue weighted by Gasteiger charge is 2.41. The third-order valence-corrected chi connectivity index (χ3v) is 4.73. The van der Waals surface area contributed by atoms with E-state index in [2.05, 4.69) is 4.98 Å². The van der Waals surface area contributed by atoms with Crippen LogP contribution in [0.3, 0.4) is 0 Å². The molecule has 1 atom stereocenters. The second kappa shape index (κ2) is 7.66. The van der Waals surface area contributed by atoms with Gasteiger partial charge in [-0.1, -0.05) is 17.7 Å². The van der Waals surface area contributed by atoms with E-state index < -0.39 is 5.60 Å². The molecule has 1 saturated heterocycles. The number of nitrogens with zero attached hydrogens (tertiary/aromatic N) is 2. The lowest BCUT2D eigenvalue weighted by Crippen LogP contribution is -2.42. The van der Waals surface area contributed by atoms with Crippen molar-refractivity contribution in [3.63, 3.8) is 0 Å². The number of amides is 1. The minimum atomic E-state index is -0.446. The lowest BCUT2D eigenvalue weighted by atomic mass is 10.0. The minimum Gasteiger partial charge on any atom is -0.491 e. The standard InChI is InChI=1S/C20H24N2O3/c1-16-3-5-18(6-4-16)25-15-20(24-2)9-12-22(14-20)19(23)13-17-7-10-21-11-8-17/h3-8,10-11H,9,12-15H2,1-2H3. The number of pyridine rings is 1. The quantitative estimate of drug-likeness (QED) is 0.811. The molecule has 3 rings (SSSR count). The van der Waals surface area contributed by atoms with Crippen LogP contribution in [0.25, 0.3) is 0 Å². The van der Waals surface area contributed by atoms with Crippen LogP contribution in [-0.4, -0.2) is 48.2 Å². The van der Waals surface area contributed by atoms with Gasteiger partial charge in [0.25, 0.3) is 0 Å². The Hall–Kier alpha value is -2.40. The maximum atomic E-state index is 12.5. The number of likely N-dealkylation sites (tertiary alicyclic amines) is 1. The number of methoxy groups -OCH3 is 1. The second-order valence-electron chi connectivity index (χ2n) is 6.59. The Morgan fingerprint density at radius 1 is 1.20 bits per heavy atom. The summed E-state index contributed by atoms with van der Waals surface area (Å²) in [5.74, 6) is 0.934. The molecule has 0 N–H and O–H groups in total. The average Bonchev–Trinajstić information content (AvgIpc) is 3.07. The molecular weight excluding hydrogens is 316 g/mol. The van der Waals surface area contributed by atoms with Crippen molar-refractivity contribution in [1.82, 2.24) is 9.88 Å². The Balaban J connectivity index is 1.58. The molecule has 0 spiro atoms. The van der Waals surface area contributed by atoms with Gasteiger partial charge in [0.15, 0.2) is 0 Å². The van der Waals surface area contributed by atoms with E-state index in [0.29, 0.717) is 26.1 Å². The Morgan fingerprint density at radius 2 is 1.92 bits per heavy atom. The highest BCUT2D eigenvalue weighted by Crippen LogP contribution is 2.27. The normalized spacial score (nSPS) is 19.8. The van der Waals surface area contributed by atoms with Crippen LogP contribution in [-0.2, 0) is 16.0 Å². The summed E-state index contributed by atoms with van der Waals surface area (Å²) in [5.41, 5.74) is 1.73. The van der Waals surface area contributed by atoms with Crippen molar-refractivity contribution < 1.29 is 14.3 Å². The van der Waals surface area contributed by atoms with Gasteiger partial charge in [-0.05, 0) is 43.2 Å². The molecule has 1 fully saturated rings. The number of benzene rings is 1. The number of hydrogen-bond donors (Lipinski definition) is 0. The number of rotatable bonds is 6. The number of aromatic nitrogens is 1. The predicted molar refractivity (Wildman–Crippen MR) is 95.6 cm³/mol. The average molecular weight is 340 g/mol. The van der Waals surface area contributed by atoms with E-state index in [1.807, 2.05) is 48.2 Å². The second-order valence-corrected chi connectivity index (χ2v) is 6.59. The zero-order chi connectivity index (χ0) is 17.7. The summed E-state index contributed by atoms with van der Waals surface area (Å²) in [7, 11) is 1.69. The zero-order valence-corrected chi connectivity index (χ0v) is 14.8. The summed E-state index contributed by atoms with van der Waals surface area (Å²) in [6, 6.07) is 11.7. The van der Waals surface area contributed by atoms with E-state index in [4.69, 9.17) is 9.47 Å². The molecular formula is C20H24N2O3. The third kappa shape index (κ3) is 4.37. The van der Waals surface area contributed by atoms with E-state index in [9.17, 15) is 4.79 Å². The van der Waals surface area contributed by atoms with Crippen LogP contribution in [0.2, 0.25) is 0 Å². The molecule has 132 valence electrons. The van der Waals surface area contributed by atoms with Crippen molar-refractivity contribution >= 4 is 5.91 Å². The van der Waals surface area contributed by atoms with Gasteiger partial charge in [-0.25, -0.2) is 0 Å². The molecule has 0 radical (unpaired) electrons. The van der Waals surface area contributed by atoms with E-state index in [1.54, 1.807) is 19.5 Å². The van der Waals surface area contributed by atoms with E-state index in [1.165, 1.54) is 5.56 Å². The van der Waals surface area contributed by atoms with Crippen molar-refractivity contribution in [2.75, 3.05) is 26.8 Å². The first-order chi connectivity index (χ1) is 12.1. The van der Waals surface area contributed by atoms with Gasteiger partial charge in [-0.2, -0.15) is 0 Å². The molecule has 5 heteroatoms. The van der Waals surface area contributed by atoms with E-state index >= 15 is 0 Å². The fourth-order valence-corrected chi connectivity index (χ4v) is 3.04. The molecule has 1 aliphatic heterocycles. The lowest BCUT2D eigenvalue weighted by Gasteiger charge is -2.28. The summed E-state index contributed by atoms with van der Waals surface area (Å²) >= 11 is 0. The molecule has 2 heterocycles. The summed E-state index contributed by atoms with van der Waals surface area (Å²) in [6.07, 6.45) is 4.58. The summed E-state index contributed by atoms with van der Waals surface area (Å²) < 4.78 is 11.7. The van der Waals surface area contributed by atoms with Crippen LogP contribution in [0.15, 0.2) is 48.8 Å². The van der Waals surface area contributed by atoms with Gasteiger partial charge in [-0.3, -0.25) is 9.78 Å². The third-order valence-electron chi connectivity index (χ3n) is 4.73. The van der Waals surface area contributed by atoms with Crippen LogP contribution in [0.5, 0.6) is 5.75 Å². The molecule has 25 heavy (non-hydrogen) atoms. The molecule has 1 aromatic carbocycles. The Morgan fingerprint density at radius 3 is 2.60 bits per heavy atom. The molecule has 0 aliphatic carbocycles. The van der Waals surface area contributed by atoms with Crippen molar-refractivity contribution in [2.24, 2.45) is 0 Å². The van der Waals surface area contributed by atoms with Crippen molar-refractivity contribution in [3.05, 3.63) is 59.9 Å². The van der Waals surface area contributed by atoms with Gasteiger partial charge in [-0.15, -0.1) is 0 Å². The molecule has 2 aromatic rings. The van der Waals surface area contributed by atoms with E-state index in [-0.39, 0.29) is 5.91 Å². The SMILES string of the molecule is COC1(COc2ccc(C)cc2)CCN(C(=O)Cc2ccncc2)C1. The monoisotopic (exact) mass is 340 g/mol. The summed E-state index contributed by atoms with van der Waals surface area (Å²) in [5, 5.41) is 0. The molecule has 0 saturated carbocycles. The maximum absolute atomic E-state index is 12.5. The van der Waals surface area contributed by atoms with Crippen LogP contribution in [0.4, 0.5) is 0 Å². The fourth-order valence-electron chi connectivity index (χ4n) is 3.04. The first-order valence-corrected chi connectivity index (χ1v) is 8.51. The van der Waals surface area contributed by atoms with Crippen LogP contribution in [0.1, 0.15) is 17.5 Å². The van der Waals surface area contributed by atoms with E-state index in [0.717, 1.165) is 17.7 Å². The maximum Gasteiger partial charge on any atom is 0.227 e.